The van der Waals surface area contributed by atoms with Gasteiger partial charge in [0.25, 0.3) is 0 Å². The molecule has 2 aromatic carbocycles. The van der Waals surface area contributed by atoms with Crippen LogP contribution in [0, 0.1) is 12.7 Å². The van der Waals surface area contributed by atoms with Crippen LogP contribution < -0.4 is 15.5 Å². The lowest BCUT2D eigenvalue weighted by molar-refractivity contribution is 0.628. The summed E-state index contributed by atoms with van der Waals surface area (Å²) < 4.78 is 13.1. The first-order chi connectivity index (χ1) is 13.2. The Hall–Kier alpha value is -3.15. The second kappa shape index (κ2) is 7.61. The monoisotopic (exact) mass is 363 g/mol. The highest BCUT2D eigenvalue weighted by Gasteiger charge is 2.12. The average molecular weight is 363 g/mol. The summed E-state index contributed by atoms with van der Waals surface area (Å²) in [5.41, 5.74) is 3.80. The number of nitrogens with zero attached hydrogens (tertiary/aromatic N) is 3. The molecule has 6 heteroatoms. The molecule has 0 aliphatic carbocycles. The second-order valence-electron chi connectivity index (χ2n) is 6.72. The molecule has 1 aliphatic heterocycles. The Morgan fingerprint density at radius 3 is 2.19 bits per heavy atom. The van der Waals surface area contributed by atoms with E-state index in [1.54, 1.807) is 12.1 Å². The van der Waals surface area contributed by atoms with E-state index in [-0.39, 0.29) is 5.82 Å². The van der Waals surface area contributed by atoms with Crippen LogP contribution in [0.4, 0.5) is 33.2 Å². The van der Waals surface area contributed by atoms with Crippen LogP contribution >= 0.6 is 0 Å². The minimum absolute atomic E-state index is 0.265. The van der Waals surface area contributed by atoms with Gasteiger partial charge in [-0.25, -0.2) is 9.37 Å². The topological polar surface area (TPSA) is 53.1 Å². The van der Waals surface area contributed by atoms with E-state index in [9.17, 15) is 4.39 Å². The van der Waals surface area contributed by atoms with Crippen LogP contribution in [0.1, 0.15) is 18.5 Å². The Morgan fingerprint density at radius 2 is 1.48 bits per heavy atom. The summed E-state index contributed by atoms with van der Waals surface area (Å²) in [6.45, 7) is 4.18. The van der Waals surface area contributed by atoms with Crippen molar-refractivity contribution in [2.75, 3.05) is 28.6 Å². The van der Waals surface area contributed by atoms with E-state index in [0.29, 0.717) is 11.8 Å². The van der Waals surface area contributed by atoms with Crippen molar-refractivity contribution in [1.82, 2.24) is 9.97 Å². The highest BCUT2D eigenvalue weighted by atomic mass is 19.1. The zero-order valence-corrected chi connectivity index (χ0v) is 15.2. The standard InChI is InChI=1S/C21H22FN5/c1-15-14-20(24-17-6-4-16(22)5-7-17)26-21(23-15)25-18-8-10-19(11-9-18)27-12-2-3-13-27/h4-11,14H,2-3,12-13H2,1H3,(H2,23,24,25,26). The molecule has 2 N–H and O–H groups in total. The summed E-state index contributed by atoms with van der Waals surface area (Å²) in [6, 6.07) is 16.4. The van der Waals surface area contributed by atoms with Crippen molar-refractivity contribution >= 4 is 28.8 Å². The van der Waals surface area contributed by atoms with Crippen molar-refractivity contribution in [2.24, 2.45) is 0 Å². The predicted molar refractivity (Wildman–Crippen MR) is 108 cm³/mol. The Kier molecular flexibility index (Phi) is 4.87. The van der Waals surface area contributed by atoms with Crippen molar-refractivity contribution in [3.63, 3.8) is 0 Å². The van der Waals surface area contributed by atoms with Crippen LogP contribution in [0.25, 0.3) is 0 Å². The number of rotatable bonds is 5. The van der Waals surface area contributed by atoms with Crippen LogP contribution in [-0.4, -0.2) is 23.1 Å². The highest BCUT2D eigenvalue weighted by molar-refractivity contribution is 5.62. The Bertz CT molecular complexity index is 903. The van der Waals surface area contributed by atoms with E-state index in [1.807, 2.05) is 25.1 Å². The molecule has 0 unspecified atom stereocenters. The summed E-state index contributed by atoms with van der Waals surface area (Å²) in [6.07, 6.45) is 2.53. The first kappa shape index (κ1) is 17.3. The Morgan fingerprint density at radius 1 is 0.852 bits per heavy atom. The third kappa shape index (κ3) is 4.34. The lowest BCUT2D eigenvalue weighted by Gasteiger charge is -2.18. The molecular formula is C21H22FN5. The molecule has 5 nitrogen and oxygen atoms in total. The molecule has 0 radical (unpaired) electrons. The van der Waals surface area contributed by atoms with E-state index in [4.69, 9.17) is 0 Å². The van der Waals surface area contributed by atoms with Gasteiger partial charge in [-0.15, -0.1) is 0 Å². The van der Waals surface area contributed by atoms with Crippen molar-refractivity contribution < 1.29 is 4.39 Å². The van der Waals surface area contributed by atoms with Crippen LogP contribution in [0.2, 0.25) is 0 Å². The van der Waals surface area contributed by atoms with E-state index in [1.165, 1.54) is 30.7 Å². The molecule has 27 heavy (non-hydrogen) atoms. The molecule has 2 heterocycles. The van der Waals surface area contributed by atoms with Gasteiger partial charge in [0, 0.05) is 41.9 Å². The van der Waals surface area contributed by atoms with Gasteiger partial charge in [-0.3, -0.25) is 0 Å². The molecule has 0 amide bonds. The second-order valence-corrected chi connectivity index (χ2v) is 6.72. The third-order valence-corrected chi connectivity index (χ3v) is 4.57. The molecule has 1 saturated heterocycles. The van der Waals surface area contributed by atoms with Crippen molar-refractivity contribution in [2.45, 2.75) is 19.8 Å². The first-order valence-electron chi connectivity index (χ1n) is 9.16. The molecule has 3 aromatic rings. The van der Waals surface area contributed by atoms with E-state index < -0.39 is 0 Å². The molecule has 1 aliphatic rings. The number of anilines is 5. The molecule has 0 bridgehead atoms. The minimum atomic E-state index is -0.265. The largest absolute Gasteiger partial charge is 0.372 e. The zero-order chi connectivity index (χ0) is 18.6. The number of aryl methyl sites for hydroxylation is 1. The molecule has 4 rings (SSSR count). The number of benzene rings is 2. The summed E-state index contributed by atoms with van der Waals surface area (Å²) in [4.78, 5) is 11.4. The SMILES string of the molecule is Cc1cc(Nc2ccc(F)cc2)nc(Nc2ccc(N3CCCC3)cc2)n1. The maximum absolute atomic E-state index is 13.1. The lowest BCUT2D eigenvalue weighted by Crippen LogP contribution is -2.17. The number of nitrogens with one attached hydrogen (secondary N) is 2. The maximum Gasteiger partial charge on any atom is 0.229 e. The van der Waals surface area contributed by atoms with Gasteiger partial charge in [0.15, 0.2) is 0 Å². The fraction of sp³-hybridized carbons (Fsp3) is 0.238. The zero-order valence-electron chi connectivity index (χ0n) is 15.2. The average Bonchev–Trinajstić information content (AvgIpc) is 3.19. The Labute approximate surface area is 158 Å². The number of halogens is 1. The normalized spacial score (nSPS) is 13.6. The summed E-state index contributed by atoms with van der Waals surface area (Å²) in [7, 11) is 0. The quantitative estimate of drug-likeness (QED) is 0.667. The van der Waals surface area contributed by atoms with Gasteiger partial charge in [0.05, 0.1) is 0 Å². The number of hydrogen-bond acceptors (Lipinski definition) is 5. The fourth-order valence-electron chi connectivity index (χ4n) is 3.23. The van der Waals surface area contributed by atoms with Crippen molar-refractivity contribution in [3.8, 4) is 0 Å². The van der Waals surface area contributed by atoms with Gasteiger partial charge in [0.1, 0.15) is 11.6 Å². The molecular weight excluding hydrogens is 341 g/mol. The molecule has 1 fully saturated rings. The van der Waals surface area contributed by atoms with Crippen LogP contribution in [0.3, 0.4) is 0 Å². The molecule has 138 valence electrons. The summed E-state index contributed by atoms with van der Waals surface area (Å²) in [5.74, 6) is 0.915. The van der Waals surface area contributed by atoms with Crippen molar-refractivity contribution in [1.29, 1.82) is 0 Å². The highest BCUT2D eigenvalue weighted by Crippen LogP contribution is 2.24. The third-order valence-electron chi connectivity index (χ3n) is 4.57. The first-order valence-corrected chi connectivity index (χ1v) is 9.16. The van der Waals surface area contributed by atoms with Crippen LogP contribution in [-0.2, 0) is 0 Å². The van der Waals surface area contributed by atoms with Crippen molar-refractivity contribution in [3.05, 3.63) is 66.1 Å². The fourth-order valence-corrected chi connectivity index (χ4v) is 3.23. The Balaban J connectivity index is 1.48. The van der Waals surface area contributed by atoms with E-state index in [2.05, 4.69) is 37.6 Å². The smallest absolute Gasteiger partial charge is 0.229 e. The molecule has 0 spiro atoms. The van der Waals surface area contributed by atoms with Gasteiger partial charge in [-0.2, -0.15) is 4.98 Å². The molecule has 0 atom stereocenters. The number of aromatic nitrogens is 2. The van der Waals surface area contributed by atoms with Gasteiger partial charge < -0.3 is 15.5 Å². The number of hydrogen-bond donors (Lipinski definition) is 2. The lowest BCUT2D eigenvalue weighted by atomic mass is 10.2. The van der Waals surface area contributed by atoms with Gasteiger partial charge in [0.2, 0.25) is 5.95 Å². The van der Waals surface area contributed by atoms with Crippen LogP contribution in [0.15, 0.2) is 54.6 Å². The van der Waals surface area contributed by atoms with Gasteiger partial charge in [-0.1, -0.05) is 0 Å². The maximum atomic E-state index is 13.1. The van der Waals surface area contributed by atoms with E-state index >= 15 is 0 Å². The van der Waals surface area contributed by atoms with Gasteiger partial charge in [-0.05, 0) is 68.3 Å². The molecule has 1 aromatic heterocycles. The summed E-state index contributed by atoms with van der Waals surface area (Å²) >= 11 is 0. The van der Waals surface area contributed by atoms with Crippen LogP contribution in [0.5, 0.6) is 0 Å². The predicted octanol–water partition coefficient (Wildman–Crippen LogP) is 5.01. The summed E-state index contributed by atoms with van der Waals surface area (Å²) in [5, 5.41) is 6.44. The van der Waals surface area contributed by atoms with E-state index in [0.717, 1.165) is 30.2 Å². The minimum Gasteiger partial charge on any atom is -0.372 e. The molecule has 0 saturated carbocycles. The van der Waals surface area contributed by atoms with Gasteiger partial charge >= 0.3 is 0 Å².